The highest BCUT2D eigenvalue weighted by Crippen LogP contribution is 2.41. The van der Waals surface area contributed by atoms with Crippen molar-refractivity contribution in [1.82, 2.24) is 19.1 Å². The maximum absolute atomic E-state index is 14.9. The van der Waals surface area contributed by atoms with Gasteiger partial charge >= 0.3 is 0 Å². The number of halogens is 1. The number of ether oxygens (including phenoxy) is 1. The molecule has 2 aromatic heterocycles. The van der Waals surface area contributed by atoms with Gasteiger partial charge in [0.25, 0.3) is 5.91 Å². The Morgan fingerprint density at radius 3 is 2.91 bits per heavy atom. The number of nitrogens with one attached hydrogen (secondary N) is 1. The Balaban J connectivity index is 1.34. The molecule has 172 valence electrons. The molecule has 2 aromatic carbocycles. The van der Waals surface area contributed by atoms with Crippen molar-refractivity contribution in [2.24, 2.45) is 0 Å². The molecular formula is C26H24FN5O2. The molecule has 1 aliphatic heterocycles. The second-order valence-corrected chi connectivity index (χ2v) is 9.08. The van der Waals surface area contributed by atoms with Gasteiger partial charge in [0.15, 0.2) is 5.75 Å². The number of carbonyl (C=O) groups excluding carboxylic acids is 1. The van der Waals surface area contributed by atoms with Crippen molar-refractivity contribution >= 4 is 11.6 Å². The van der Waals surface area contributed by atoms with E-state index < -0.39 is 11.7 Å². The van der Waals surface area contributed by atoms with Crippen LogP contribution in [0.25, 0.3) is 16.9 Å². The molecule has 0 radical (unpaired) electrons. The molecule has 1 aliphatic carbocycles. The van der Waals surface area contributed by atoms with Gasteiger partial charge in [0.05, 0.1) is 53.2 Å². The van der Waals surface area contributed by atoms with E-state index in [-0.39, 0.29) is 11.6 Å². The number of anilines is 1. The summed E-state index contributed by atoms with van der Waals surface area (Å²) >= 11 is 0. The molecule has 1 unspecified atom stereocenters. The van der Waals surface area contributed by atoms with E-state index in [2.05, 4.69) is 15.3 Å². The zero-order valence-corrected chi connectivity index (χ0v) is 19.0. The van der Waals surface area contributed by atoms with Crippen LogP contribution in [-0.4, -0.2) is 31.6 Å². The van der Waals surface area contributed by atoms with E-state index in [4.69, 9.17) is 4.74 Å². The molecule has 3 heterocycles. The third-order valence-electron chi connectivity index (χ3n) is 6.56. The number of nitrogens with zero attached hydrogens (tertiary/aromatic N) is 4. The van der Waals surface area contributed by atoms with Crippen LogP contribution in [-0.2, 0) is 0 Å². The Kier molecular flexibility index (Phi) is 4.76. The second kappa shape index (κ2) is 7.83. The summed E-state index contributed by atoms with van der Waals surface area (Å²) in [5.74, 6) is -0.0458. The Morgan fingerprint density at radius 1 is 1.24 bits per heavy atom. The number of benzene rings is 2. The summed E-state index contributed by atoms with van der Waals surface area (Å²) in [5, 5.41) is 2.87. The van der Waals surface area contributed by atoms with E-state index in [0.717, 1.165) is 41.0 Å². The molecule has 8 heteroatoms. The van der Waals surface area contributed by atoms with E-state index in [0.29, 0.717) is 24.0 Å². The molecule has 34 heavy (non-hydrogen) atoms. The zero-order valence-electron chi connectivity index (χ0n) is 19.0. The largest absolute Gasteiger partial charge is 0.489 e. The summed E-state index contributed by atoms with van der Waals surface area (Å²) in [5.41, 5.74) is 4.69. The van der Waals surface area contributed by atoms with E-state index in [1.807, 2.05) is 41.3 Å². The predicted octanol–water partition coefficient (Wildman–Crippen LogP) is 5.27. The highest BCUT2D eigenvalue weighted by molar-refractivity contribution is 6.06. The van der Waals surface area contributed by atoms with Gasteiger partial charge in [-0.05, 0) is 56.5 Å². The van der Waals surface area contributed by atoms with Gasteiger partial charge in [-0.1, -0.05) is 6.07 Å². The van der Waals surface area contributed by atoms with Crippen molar-refractivity contribution in [1.29, 1.82) is 0 Å². The van der Waals surface area contributed by atoms with Crippen LogP contribution in [0.3, 0.4) is 0 Å². The molecule has 7 nitrogen and oxygen atoms in total. The fourth-order valence-electron chi connectivity index (χ4n) is 4.50. The molecule has 2 aliphatic rings. The van der Waals surface area contributed by atoms with E-state index in [1.165, 1.54) is 6.07 Å². The molecule has 1 fully saturated rings. The lowest BCUT2D eigenvalue weighted by molar-refractivity contribution is 0.102. The van der Waals surface area contributed by atoms with Crippen LogP contribution in [0, 0.1) is 12.7 Å². The number of para-hydroxylation sites is 1. The summed E-state index contributed by atoms with van der Waals surface area (Å²) in [6.07, 6.45) is 9.55. The molecule has 4 aromatic rings. The quantitative estimate of drug-likeness (QED) is 0.453. The highest BCUT2D eigenvalue weighted by atomic mass is 19.1. The first-order chi connectivity index (χ1) is 16.5. The number of carbonyl (C=O) groups is 1. The van der Waals surface area contributed by atoms with Crippen molar-refractivity contribution in [3.63, 3.8) is 0 Å². The lowest BCUT2D eigenvalue weighted by atomic mass is 10.1. The Morgan fingerprint density at radius 2 is 2.09 bits per heavy atom. The van der Waals surface area contributed by atoms with Gasteiger partial charge in [-0.25, -0.2) is 14.4 Å². The minimum absolute atomic E-state index is 0.0353. The van der Waals surface area contributed by atoms with Gasteiger partial charge in [0.2, 0.25) is 0 Å². The first-order valence-electron chi connectivity index (χ1n) is 11.4. The van der Waals surface area contributed by atoms with Gasteiger partial charge in [-0.15, -0.1) is 0 Å². The highest BCUT2D eigenvalue weighted by Gasteiger charge is 2.27. The maximum Gasteiger partial charge on any atom is 0.258 e. The molecule has 0 bridgehead atoms. The van der Waals surface area contributed by atoms with Gasteiger partial charge < -0.3 is 19.2 Å². The number of hydrogen-bond acceptors (Lipinski definition) is 4. The molecule has 1 atom stereocenters. The molecule has 0 saturated heterocycles. The first-order valence-corrected chi connectivity index (χ1v) is 11.4. The second-order valence-electron chi connectivity index (χ2n) is 9.08. The molecular weight excluding hydrogens is 433 g/mol. The third kappa shape index (κ3) is 3.46. The maximum atomic E-state index is 14.9. The van der Waals surface area contributed by atoms with Gasteiger partial charge in [0, 0.05) is 17.7 Å². The Bertz CT molecular complexity index is 1420. The Labute approximate surface area is 196 Å². The minimum atomic E-state index is -0.573. The number of imidazole rings is 2. The van der Waals surface area contributed by atoms with Crippen LogP contribution in [0.15, 0.2) is 55.4 Å². The van der Waals surface area contributed by atoms with E-state index >= 15 is 0 Å². The van der Waals surface area contributed by atoms with Crippen LogP contribution in [0.4, 0.5) is 10.1 Å². The summed E-state index contributed by atoms with van der Waals surface area (Å²) in [7, 11) is 0. The van der Waals surface area contributed by atoms with Gasteiger partial charge in [-0.2, -0.15) is 0 Å². The predicted molar refractivity (Wildman–Crippen MR) is 126 cm³/mol. The van der Waals surface area contributed by atoms with Crippen molar-refractivity contribution in [2.45, 2.75) is 38.6 Å². The van der Waals surface area contributed by atoms with Crippen molar-refractivity contribution < 1.29 is 13.9 Å². The molecule has 1 N–H and O–H groups in total. The summed E-state index contributed by atoms with van der Waals surface area (Å²) in [6, 6.07) is 8.59. The normalized spacial score (nSPS) is 16.9. The van der Waals surface area contributed by atoms with Crippen LogP contribution in [0.1, 0.15) is 53.3 Å². The van der Waals surface area contributed by atoms with Crippen LogP contribution >= 0.6 is 0 Å². The summed E-state index contributed by atoms with van der Waals surface area (Å²) in [6.45, 7) is 4.30. The van der Waals surface area contributed by atoms with Gasteiger partial charge in [-0.3, -0.25) is 4.79 Å². The molecule has 6 rings (SSSR count). The number of rotatable bonds is 4. The van der Waals surface area contributed by atoms with Crippen LogP contribution in [0.5, 0.6) is 5.75 Å². The fraction of sp³-hybridized carbons (Fsp3) is 0.269. The average Bonchev–Trinajstić information content (AvgIpc) is 3.38. The van der Waals surface area contributed by atoms with Crippen molar-refractivity contribution in [2.75, 3.05) is 11.9 Å². The van der Waals surface area contributed by atoms with E-state index in [1.54, 1.807) is 31.0 Å². The number of aryl methyl sites for hydroxylation is 1. The first kappa shape index (κ1) is 20.7. The monoisotopic (exact) mass is 457 g/mol. The van der Waals surface area contributed by atoms with E-state index in [9.17, 15) is 9.18 Å². The SMILES string of the molecule is Cc1cc(F)c(C(=O)Nc2cccc3c2OCC(C)n2cncc2-3)cc1-n1cnc(C2CC2)c1. The molecule has 1 saturated carbocycles. The summed E-state index contributed by atoms with van der Waals surface area (Å²) in [4.78, 5) is 22.0. The lowest BCUT2D eigenvalue weighted by Crippen LogP contribution is -2.16. The standard InChI is InChI=1S/C26H24FN5O2/c1-15-8-20(27)19(9-23(15)31-11-22(29-14-31)17-6-7-17)26(33)30-21-5-3-4-18-24-10-28-13-32(24)16(2)12-34-25(18)21/h3-5,8-11,13-14,16-17H,6-7,12H2,1-2H3,(H,30,33). The van der Waals surface area contributed by atoms with Crippen LogP contribution in [0.2, 0.25) is 0 Å². The number of hydrogen-bond donors (Lipinski definition) is 1. The number of aromatic nitrogens is 4. The van der Waals surface area contributed by atoms with Crippen molar-refractivity contribution in [3.05, 3.63) is 78.0 Å². The Hall–Kier alpha value is -3.94. The molecule has 0 spiro atoms. The lowest BCUT2D eigenvalue weighted by Gasteiger charge is -2.15. The topological polar surface area (TPSA) is 74.0 Å². The minimum Gasteiger partial charge on any atom is -0.489 e. The molecule has 1 amide bonds. The third-order valence-corrected chi connectivity index (χ3v) is 6.56. The fourth-order valence-corrected chi connectivity index (χ4v) is 4.50. The number of fused-ring (bicyclic) bond motifs is 3. The summed E-state index contributed by atoms with van der Waals surface area (Å²) < 4.78 is 24.9. The van der Waals surface area contributed by atoms with Crippen molar-refractivity contribution in [3.8, 4) is 22.7 Å². The van der Waals surface area contributed by atoms with Crippen LogP contribution < -0.4 is 10.1 Å². The average molecular weight is 458 g/mol. The van der Waals surface area contributed by atoms with Gasteiger partial charge in [0.1, 0.15) is 12.4 Å². The number of amides is 1. The zero-order chi connectivity index (χ0) is 23.4. The smallest absolute Gasteiger partial charge is 0.258 e.